The summed E-state index contributed by atoms with van der Waals surface area (Å²) in [7, 11) is -1.25. The van der Waals surface area contributed by atoms with Crippen molar-refractivity contribution in [3.05, 3.63) is 55.0 Å². The van der Waals surface area contributed by atoms with Crippen LogP contribution >= 0.6 is 0 Å². The zero-order valence-corrected chi connectivity index (χ0v) is 14.0. The molecule has 0 bridgehead atoms. The number of hydrogen-bond donors (Lipinski definition) is 2. The van der Waals surface area contributed by atoms with Crippen LogP contribution in [0.5, 0.6) is 0 Å². The lowest BCUT2D eigenvalue weighted by molar-refractivity contribution is 0.674. The van der Waals surface area contributed by atoms with Crippen molar-refractivity contribution < 1.29 is 4.21 Å². The van der Waals surface area contributed by atoms with E-state index in [-0.39, 0.29) is 5.95 Å². The molecule has 2 aromatic heterocycles. The Labute approximate surface area is 142 Å². The van der Waals surface area contributed by atoms with Crippen LogP contribution in [0.15, 0.2) is 59.9 Å². The van der Waals surface area contributed by atoms with Gasteiger partial charge in [0.15, 0.2) is 0 Å². The van der Waals surface area contributed by atoms with Gasteiger partial charge in [-0.25, -0.2) is 18.9 Å². The molecule has 0 fully saturated rings. The van der Waals surface area contributed by atoms with E-state index in [4.69, 9.17) is 5.73 Å². The minimum Gasteiger partial charge on any atom is -0.368 e. The highest BCUT2D eigenvalue weighted by Crippen LogP contribution is 2.26. The van der Waals surface area contributed by atoms with Gasteiger partial charge in [0.2, 0.25) is 5.95 Å². The highest BCUT2D eigenvalue weighted by Gasteiger charge is 2.11. The second kappa shape index (κ2) is 7.29. The fraction of sp³-hybridized carbons (Fsp3) is 0.118. The third-order valence-corrected chi connectivity index (χ3v) is 4.71. The highest BCUT2D eigenvalue weighted by molar-refractivity contribution is 7.83. The van der Waals surface area contributed by atoms with Gasteiger partial charge < -0.3 is 5.73 Å². The van der Waals surface area contributed by atoms with Gasteiger partial charge in [0.05, 0.1) is 10.6 Å². The molecule has 1 atom stereocenters. The minimum atomic E-state index is -1.25. The molecule has 7 heteroatoms. The molecule has 24 heavy (non-hydrogen) atoms. The van der Waals surface area contributed by atoms with E-state index in [0.29, 0.717) is 6.54 Å². The lowest BCUT2D eigenvalue weighted by atomic mass is 10.1. The van der Waals surface area contributed by atoms with Gasteiger partial charge in [-0.05, 0) is 12.1 Å². The lowest BCUT2D eigenvalue weighted by Crippen LogP contribution is -2.16. The summed E-state index contributed by atoms with van der Waals surface area (Å²) in [6, 6.07) is 11.4. The Balaban J connectivity index is 1.94. The van der Waals surface area contributed by atoms with Gasteiger partial charge in [0.1, 0.15) is 11.0 Å². The van der Waals surface area contributed by atoms with Crippen molar-refractivity contribution in [3.63, 3.8) is 0 Å². The summed E-state index contributed by atoms with van der Waals surface area (Å²) in [6.45, 7) is 2.56. The van der Waals surface area contributed by atoms with Crippen LogP contribution in [0, 0.1) is 0 Å². The van der Waals surface area contributed by atoms with Crippen LogP contribution in [-0.2, 0) is 11.0 Å². The molecule has 0 saturated carbocycles. The number of hydrogen-bond acceptors (Lipinski definition) is 5. The van der Waals surface area contributed by atoms with Gasteiger partial charge in [-0.2, -0.15) is 0 Å². The van der Waals surface area contributed by atoms with Gasteiger partial charge >= 0.3 is 0 Å². The number of rotatable bonds is 5. The normalized spacial score (nSPS) is 12.0. The average Bonchev–Trinajstić information content (AvgIpc) is 2.63. The summed E-state index contributed by atoms with van der Waals surface area (Å²) in [6.07, 6.45) is 5.03. The molecule has 1 unspecified atom stereocenters. The van der Waals surface area contributed by atoms with Crippen molar-refractivity contribution in [1.29, 1.82) is 0 Å². The van der Waals surface area contributed by atoms with E-state index in [1.807, 2.05) is 43.3 Å². The maximum Gasteiger partial charge on any atom is 0.219 e. The minimum absolute atomic E-state index is 0.232. The fourth-order valence-corrected chi connectivity index (χ4v) is 3.28. The fourth-order valence-electron chi connectivity index (χ4n) is 2.27. The van der Waals surface area contributed by atoms with E-state index in [1.54, 1.807) is 18.6 Å². The van der Waals surface area contributed by atoms with E-state index in [2.05, 4.69) is 19.7 Å². The molecule has 3 aromatic rings. The Kier molecular flexibility index (Phi) is 4.93. The Morgan fingerprint density at radius 1 is 1.00 bits per heavy atom. The zero-order chi connectivity index (χ0) is 16.9. The summed E-state index contributed by atoms with van der Waals surface area (Å²) < 4.78 is 15.2. The number of anilines is 1. The molecule has 3 N–H and O–H groups in total. The molecule has 6 nitrogen and oxygen atoms in total. The Morgan fingerprint density at radius 3 is 2.38 bits per heavy atom. The molecule has 0 aliphatic carbocycles. The molecule has 0 spiro atoms. The first-order chi connectivity index (χ1) is 11.7. The first-order valence-electron chi connectivity index (χ1n) is 7.47. The van der Waals surface area contributed by atoms with E-state index >= 15 is 0 Å². The van der Waals surface area contributed by atoms with Crippen LogP contribution in [0.3, 0.4) is 0 Å². The molecule has 0 saturated heterocycles. The van der Waals surface area contributed by atoms with E-state index in [9.17, 15) is 4.21 Å². The van der Waals surface area contributed by atoms with Crippen molar-refractivity contribution >= 4 is 16.9 Å². The Bertz CT molecular complexity index is 850. The first kappa shape index (κ1) is 16.2. The van der Waals surface area contributed by atoms with E-state index < -0.39 is 11.0 Å². The predicted octanol–water partition coefficient (Wildman–Crippen LogP) is 2.42. The first-order valence-corrected chi connectivity index (χ1v) is 8.62. The van der Waals surface area contributed by atoms with Crippen molar-refractivity contribution in [1.82, 2.24) is 19.7 Å². The third kappa shape index (κ3) is 3.47. The molecule has 122 valence electrons. The van der Waals surface area contributed by atoms with Crippen LogP contribution in [0.2, 0.25) is 0 Å². The van der Waals surface area contributed by atoms with E-state index in [1.165, 1.54) is 0 Å². The van der Waals surface area contributed by atoms with E-state index in [0.717, 1.165) is 27.3 Å². The molecule has 0 amide bonds. The van der Waals surface area contributed by atoms with Gasteiger partial charge in [0.25, 0.3) is 0 Å². The number of nitrogens with one attached hydrogen (secondary N) is 1. The maximum atomic E-state index is 12.3. The number of nitrogens with zero attached hydrogens (tertiary/aromatic N) is 3. The quantitative estimate of drug-likeness (QED) is 0.744. The summed E-state index contributed by atoms with van der Waals surface area (Å²) >= 11 is 0. The Morgan fingerprint density at radius 2 is 1.71 bits per heavy atom. The van der Waals surface area contributed by atoms with Crippen LogP contribution in [0.4, 0.5) is 5.95 Å². The number of aromatic nitrogens is 3. The topological polar surface area (TPSA) is 93.8 Å². The van der Waals surface area contributed by atoms with Crippen molar-refractivity contribution in [3.8, 4) is 22.4 Å². The third-order valence-electron chi connectivity index (χ3n) is 3.40. The molecule has 1 aromatic carbocycles. The maximum absolute atomic E-state index is 12.3. The van der Waals surface area contributed by atoms with Crippen LogP contribution in [-0.4, -0.2) is 25.7 Å². The molecule has 0 aliphatic heterocycles. The van der Waals surface area contributed by atoms with Gasteiger partial charge in [-0.15, -0.1) is 0 Å². The second-order valence-electron chi connectivity index (χ2n) is 5.02. The van der Waals surface area contributed by atoms with Crippen LogP contribution in [0.25, 0.3) is 22.4 Å². The predicted molar refractivity (Wildman–Crippen MR) is 95.2 cm³/mol. The number of nitrogens with two attached hydrogens (primary N) is 1. The largest absolute Gasteiger partial charge is 0.368 e. The van der Waals surface area contributed by atoms with Gasteiger partial charge in [-0.3, -0.25) is 4.98 Å². The highest BCUT2D eigenvalue weighted by atomic mass is 32.2. The van der Waals surface area contributed by atoms with Crippen LogP contribution < -0.4 is 10.5 Å². The zero-order valence-electron chi connectivity index (χ0n) is 13.1. The smallest absolute Gasteiger partial charge is 0.219 e. The van der Waals surface area contributed by atoms with Crippen molar-refractivity contribution in [2.75, 3.05) is 12.3 Å². The molecule has 3 rings (SSSR count). The number of benzene rings is 1. The molecule has 0 radical (unpaired) electrons. The lowest BCUT2D eigenvalue weighted by Gasteiger charge is -2.10. The van der Waals surface area contributed by atoms with Gasteiger partial charge in [0, 0.05) is 41.8 Å². The molecule has 2 heterocycles. The molecular weight excluding hydrogens is 322 g/mol. The summed E-state index contributed by atoms with van der Waals surface area (Å²) in [4.78, 5) is 13.1. The van der Waals surface area contributed by atoms with Crippen LogP contribution in [0.1, 0.15) is 6.92 Å². The van der Waals surface area contributed by atoms with Crippen molar-refractivity contribution in [2.24, 2.45) is 0 Å². The summed E-state index contributed by atoms with van der Waals surface area (Å²) in [5, 5.41) is 0. The monoisotopic (exact) mass is 339 g/mol. The molecular formula is C17H17N5OS. The van der Waals surface area contributed by atoms with Crippen molar-refractivity contribution in [2.45, 2.75) is 11.8 Å². The summed E-state index contributed by atoms with van der Waals surface area (Å²) in [5.74, 6) is 0.232. The Hall–Kier alpha value is -2.64. The second-order valence-corrected chi connectivity index (χ2v) is 6.29. The SMILES string of the molecule is CCNS(=O)c1ccccc1-c1ccc(-c2cnc(N)nc2)nc1. The number of pyridine rings is 1. The number of nitrogen functional groups attached to an aromatic ring is 1. The standard InChI is InChI=1S/C17H17N5OS/c1-2-22-24(23)16-6-4-3-5-14(16)12-7-8-15(19-9-12)13-10-20-17(18)21-11-13/h3-11,22H,2H2,1H3,(H2,18,20,21). The average molecular weight is 339 g/mol. The summed E-state index contributed by atoms with van der Waals surface area (Å²) in [5.41, 5.74) is 8.84. The van der Waals surface area contributed by atoms with Gasteiger partial charge in [-0.1, -0.05) is 31.2 Å². The molecule has 0 aliphatic rings.